The van der Waals surface area contributed by atoms with Gasteiger partial charge < -0.3 is 37.4 Å². The van der Waals surface area contributed by atoms with E-state index in [1.54, 1.807) is 64.7 Å². The molecule has 0 aliphatic carbocycles. The predicted molar refractivity (Wildman–Crippen MR) is 323 cm³/mol. The van der Waals surface area contributed by atoms with Crippen molar-refractivity contribution in [1.29, 1.82) is 0 Å². The van der Waals surface area contributed by atoms with Crippen molar-refractivity contribution in [3.63, 3.8) is 0 Å². The van der Waals surface area contributed by atoms with Crippen molar-refractivity contribution in [3.8, 4) is 45.5 Å². The second-order valence-corrected chi connectivity index (χ2v) is 22.0. The molecule has 22 nitrogen and oxygen atoms in total. The molecule has 8 aromatic heterocycles. The first-order valence-corrected chi connectivity index (χ1v) is 27.4. The van der Waals surface area contributed by atoms with Crippen molar-refractivity contribution < 1.29 is 27.6 Å². The molecule has 0 radical (unpaired) electrons. The summed E-state index contributed by atoms with van der Waals surface area (Å²) >= 11 is 3.34. The molecule has 10 aromatic rings. The first kappa shape index (κ1) is 60.9. The van der Waals surface area contributed by atoms with Crippen LogP contribution in [-0.4, -0.2) is 141 Å². The number of nitrogens with zero attached hydrogens (tertiary/aromatic N) is 14. The lowest BCUT2D eigenvalue weighted by Crippen LogP contribution is -2.41. The zero-order valence-corrected chi connectivity index (χ0v) is 49.3. The summed E-state index contributed by atoms with van der Waals surface area (Å²) in [4.78, 5) is 56.0. The molecule has 9 heterocycles. The van der Waals surface area contributed by atoms with Crippen LogP contribution in [0.15, 0.2) is 145 Å². The highest BCUT2D eigenvalue weighted by atomic mass is 79.9. The largest absolute Gasteiger partial charge is 0.498 e. The van der Waals surface area contributed by atoms with Gasteiger partial charge in [-0.3, -0.25) is 18.5 Å². The summed E-state index contributed by atoms with van der Waals surface area (Å²) in [5, 5.41) is 8.31. The Morgan fingerprint density at radius 3 is 1.52 bits per heavy atom. The van der Waals surface area contributed by atoms with Gasteiger partial charge in [-0.2, -0.15) is 10.2 Å². The molecule has 1 saturated heterocycles. The molecule has 1 aliphatic rings. The van der Waals surface area contributed by atoms with E-state index in [9.17, 15) is 9.59 Å². The van der Waals surface area contributed by atoms with E-state index in [2.05, 4.69) is 65.8 Å². The Kier molecular flexibility index (Phi) is 19.7. The summed E-state index contributed by atoms with van der Waals surface area (Å²) in [5.74, 6) is 1.55. The Labute approximate surface area is 490 Å². The lowest BCUT2D eigenvalue weighted by Gasteiger charge is -2.32. The van der Waals surface area contributed by atoms with Gasteiger partial charge in [0.05, 0.1) is 74.2 Å². The summed E-state index contributed by atoms with van der Waals surface area (Å²) in [6.07, 6.45) is 15.9. The molecular weight excluding hydrogens is 1120 g/mol. The third-order valence-electron chi connectivity index (χ3n) is 13.6. The van der Waals surface area contributed by atoms with Gasteiger partial charge in [0.1, 0.15) is 4.60 Å². The Morgan fingerprint density at radius 1 is 0.590 bits per heavy atom. The van der Waals surface area contributed by atoms with Crippen LogP contribution in [0, 0.1) is 0 Å². The van der Waals surface area contributed by atoms with E-state index in [1.807, 2.05) is 137 Å². The van der Waals surface area contributed by atoms with Gasteiger partial charge in [0.2, 0.25) is 0 Å². The molecule has 1 aliphatic heterocycles. The maximum absolute atomic E-state index is 12.6. The molecule has 1 fully saturated rings. The van der Waals surface area contributed by atoms with E-state index in [0.29, 0.717) is 76.5 Å². The van der Waals surface area contributed by atoms with Crippen LogP contribution in [0.25, 0.3) is 56.5 Å². The highest BCUT2D eigenvalue weighted by Gasteiger charge is 2.52. The number of pyridine rings is 2. The summed E-state index contributed by atoms with van der Waals surface area (Å²) in [6, 6.07) is 22.5. The predicted octanol–water partition coefficient (Wildman–Crippen LogP) is 8.17. The number of hydrogen-bond donors (Lipinski definition) is 0. The van der Waals surface area contributed by atoms with Gasteiger partial charge in [-0.1, -0.05) is 43.8 Å². The molecular formula is C59H70BBrN14O8. The minimum absolute atomic E-state index is 0. The fourth-order valence-electron chi connectivity index (χ4n) is 8.60. The van der Waals surface area contributed by atoms with E-state index >= 15 is 0 Å². The van der Waals surface area contributed by atoms with Crippen LogP contribution in [0.1, 0.15) is 59.1 Å². The fraction of sp³-hybridized carbons (Fsp3) is 0.356. The molecule has 2 aromatic carbocycles. The van der Waals surface area contributed by atoms with Crippen molar-refractivity contribution >= 4 is 51.0 Å². The van der Waals surface area contributed by atoms with Gasteiger partial charge >= 0.3 is 18.6 Å². The zero-order valence-electron chi connectivity index (χ0n) is 47.7. The number of rotatable bonds is 18. The van der Waals surface area contributed by atoms with Gasteiger partial charge in [0.15, 0.2) is 45.6 Å². The third-order valence-corrected chi connectivity index (χ3v) is 14.0. The SMILES string of the molecule is C.CN(C)CCCOc1cnc(-c2cccc(Cn3c(=O)oc4ccc(-c5cnn(C)c5)nc43)c2)nc1.CN(C)CCCOc1cnc(-c2cccc(Cn3c(=O)oc4ccc(Br)nc43)c2)nc1.Cn1cc(B2OC(C)(C)C(C)(C)O2)cn1. The number of halogens is 1. The minimum Gasteiger partial charge on any atom is -0.490 e. The summed E-state index contributed by atoms with van der Waals surface area (Å²) in [5.41, 5.74) is 7.37. The zero-order chi connectivity index (χ0) is 58.1. The van der Waals surface area contributed by atoms with E-state index in [0.717, 1.165) is 64.9 Å². The number of hydrogen-bond acceptors (Lipinski definition) is 18. The van der Waals surface area contributed by atoms with Crippen LogP contribution in [0.3, 0.4) is 0 Å². The van der Waals surface area contributed by atoms with Crippen LogP contribution in [0.2, 0.25) is 0 Å². The number of oxazole rings is 2. The molecule has 83 heavy (non-hydrogen) atoms. The molecule has 0 saturated carbocycles. The number of aromatic nitrogens is 12. The molecule has 24 heteroatoms. The Morgan fingerprint density at radius 2 is 1.06 bits per heavy atom. The van der Waals surface area contributed by atoms with Crippen LogP contribution < -0.4 is 26.4 Å². The van der Waals surface area contributed by atoms with E-state index in [4.69, 9.17) is 27.6 Å². The number of ether oxygens (including phenoxy) is 2. The second-order valence-electron chi connectivity index (χ2n) is 21.2. The lowest BCUT2D eigenvalue weighted by molar-refractivity contribution is 0.00578. The smallest absolute Gasteiger partial charge is 0.490 e. The van der Waals surface area contributed by atoms with E-state index < -0.39 is 11.5 Å². The standard InChI is InChI=1S/C26H27N7O3.C22H22BrN5O3.C10H17BN2O2.CH4/c1-31(2)10-5-11-35-21-14-27-24(28-15-21)19-7-4-6-18(12-19)16-33-25-23(36-26(33)34)9-8-22(30-25)20-13-29-32(3)17-20;1-27(2)9-4-10-30-17-12-24-20(25-13-17)16-6-3-5-15(11-16)14-28-21-18(31-22(28)29)7-8-19(23)26-21;1-9(2)10(3,4)15-11(14-9)8-6-12-13(5)7-8;/h4,6-9,12-15,17H,5,10-11,16H2,1-3H3;3,5-8,11-13H,4,9-10,14H2,1-2H3;6-7H,1-5H3;1H4. The fourth-order valence-corrected chi connectivity index (χ4v) is 8.90. The molecule has 434 valence electrons. The molecule has 0 unspecified atom stereocenters. The highest BCUT2D eigenvalue weighted by Crippen LogP contribution is 2.36. The average Bonchev–Trinajstić information content (AvgIpc) is 4.48. The molecule has 0 N–H and O–H groups in total. The van der Waals surface area contributed by atoms with Crippen molar-refractivity contribution in [2.75, 3.05) is 54.5 Å². The maximum Gasteiger partial charge on any atom is 0.498 e. The Balaban J connectivity index is 0.000000174. The molecule has 11 rings (SSSR count). The summed E-state index contributed by atoms with van der Waals surface area (Å²) < 4.78 is 41.0. The first-order chi connectivity index (χ1) is 39.3. The summed E-state index contributed by atoms with van der Waals surface area (Å²) in [6.45, 7) is 12.0. The molecule has 0 bridgehead atoms. The lowest BCUT2D eigenvalue weighted by atomic mass is 9.82. The maximum atomic E-state index is 12.6. The summed E-state index contributed by atoms with van der Waals surface area (Å²) in [7, 11) is 11.6. The van der Waals surface area contributed by atoms with Gasteiger partial charge in [-0.25, -0.2) is 39.5 Å². The number of benzene rings is 2. The van der Waals surface area contributed by atoms with E-state index in [-0.39, 0.29) is 25.7 Å². The Hall–Kier alpha value is -8.16. The second kappa shape index (κ2) is 26.8. The molecule has 0 atom stereocenters. The van der Waals surface area contributed by atoms with Crippen LogP contribution in [0.5, 0.6) is 11.5 Å². The van der Waals surface area contributed by atoms with Crippen molar-refractivity contribution in [2.45, 2.75) is 72.3 Å². The van der Waals surface area contributed by atoms with Gasteiger partial charge in [-0.05, 0) is 132 Å². The monoisotopic (exact) mass is 1190 g/mol. The van der Waals surface area contributed by atoms with Gasteiger partial charge in [0.25, 0.3) is 0 Å². The van der Waals surface area contributed by atoms with Crippen molar-refractivity contribution in [2.24, 2.45) is 14.1 Å². The van der Waals surface area contributed by atoms with Crippen LogP contribution in [0.4, 0.5) is 0 Å². The normalized spacial score (nSPS) is 13.4. The van der Waals surface area contributed by atoms with Gasteiger partial charge in [0, 0.05) is 67.9 Å². The highest BCUT2D eigenvalue weighted by molar-refractivity contribution is 9.10. The quantitative estimate of drug-likeness (QED) is 0.0448. The number of aryl methyl sites for hydroxylation is 2. The van der Waals surface area contributed by atoms with Crippen molar-refractivity contribution in [3.05, 3.63) is 159 Å². The van der Waals surface area contributed by atoms with Crippen LogP contribution >= 0.6 is 15.9 Å². The van der Waals surface area contributed by atoms with Gasteiger partial charge in [-0.15, -0.1) is 0 Å². The van der Waals surface area contributed by atoms with Crippen molar-refractivity contribution in [1.82, 2.24) is 68.4 Å². The van der Waals surface area contributed by atoms with Crippen LogP contribution in [-0.2, 0) is 36.5 Å². The van der Waals surface area contributed by atoms with E-state index in [1.165, 1.54) is 9.13 Å². The first-order valence-electron chi connectivity index (χ1n) is 26.6. The number of fused-ring (bicyclic) bond motifs is 2. The topological polar surface area (TPSA) is 227 Å². The average molecular weight is 1190 g/mol. The molecule has 0 amide bonds. The third kappa shape index (κ3) is 15.5. The Bertz CT molecular complexity index is 3850. The molecule has 0 spiro atoms. The minimum atomic E-state index is -0.460.